The van der Waals surface area contributed by atoms with Crippen LogP contribution in [0.5, 0.6) is 0 Å². The standard InChI is InChI=1S/C17H17ClFNO2/c1-20(15(10-11-21)12-6-3-2-4-7-12)17(22)13-8-5-9-14(18)16(13)19/h2-9,15,21H,10-11H2,1H3. The summed E-state index contributed by atoms with van der Waals surface area (Å²) in [6.45, 7) is -0.0742. The molecule has 0 aliphatic heterocycles. The number of rotatable bonds is 5. The quantitative estimate of drug-likeness (QED) is 0.912. The summed E-state index contributed by atoms with van der Waals surface area (Å²) in [6.07, 6.45) is 0.369. The maximum Gasteiger partial charge on any atom is 0.257 e. The Kier molecular flexibility index (Phi) is 5.52. The van der Waals surface area contributed by atoms with Crippen molar-refractivity contribution >= 4 is 17.5 Å². The summed E-state index contributed by atoms with van der Waals surface area (Å²) >= 11 is 5.73. The Morgan fingerprint density at radius 2 is 1.91 bits per heavy atom. The van der Waals surface area contributed by atoms with E-state index in [2.05, 4.69) is 0 Å². The van der Waals surface area contributed by atoms with Crippen LogP contribution in [0, 0.1) is 5.82 Å². The van der Waals surface area contributed by atoms with Gasteiger partial charge < -0.3 is 10.0 Å². The number of carbonyl (C=O) groups is 1. The van der Waals surface area contributed by atoms with Crippen LogP contribution >= 0.6 is 11.6 Å². The maximum absolute atomic E-state index is 14.0. The lowest BCUT2D eigenvalue weighted by Crippen LogP contribution is -2.32. The van der Waals surface area contributed by atoms with Crippen molar-refractivity contribution in [3.8, 4) is 0 Å². The second-order valence-electron chi connectivity index (χ2n) is 4.96. The molecule has 116 valence electrons. The molecule has 2 aromatic rings. The lowest BCUT2D eigenvalue weighted by atomic mass is 10.0. The van der Waals surface area contributed by atoms with Crippen LogP contribution in [-0.2, 0) is 0 Å². The van der Waals surface area contributed by atoms with Crippen molar-refractivity contribution in [2.75, 3.05) is 13.7 Å². The number of hydrogen-bond donors (Lipinski definition) is 1. The monoisotopic (exact) mass is 321 g/mol. The summed E-state index contributed by atoms with van der Waals surface area (Å²) in [5.74, 6) is -1.20. The largest absolute Gasteiger partial charge is 0.396 e. The van der Waals surface area contributed by atoms with E-state index in [9.17, 15) is 14.3 Å². The minimum absolute atomic E-state index is 0.0742. The summed E-state index contributed by atoms with van der Waals surface area (Å²) in [5.41, 5.74) is 0.809. The summed E-state index contributed by atoms with van der Waals surface area (Å²) in [7, 11) is 1.59. The van der Waals surface area contributed by atoms with Crippen molar-refractivity contribution in [1.82, 2.24) is 4.90 Å². The molecule has 1 N–H and O–H groups in total. The van der Waals surface area contributed by atoms with Crippen molar-refractivity contribution < 1.29 is 14.3 Å². The smallest absolute Gasteiger partial charge is 0.257 e. The number of nitrogens with zero attached hydrogens (tertiary/aromatic N) is 1. The molecule has 0 heterocycles. The fourth-order valence-corrected chi connectivity index (χ4v) is 2.56. The highest BCUT2D eigenvalue weighted by Gasteiger charge is 2.25. The Morgan fingerprint density at radius 1 is 1.23 bits per heavy atom. The molecule has 2 aromatic carbocycles. The van der Waals surface area contributed by atoms with Crippen LogP contribution in [0.1, 0.15) is 28.4 Å². The zero-order valence-electron chi connectivity index (χ0n) is 12.2. The molecule has 1 unspecified atom stereocenters. The molecule has 0 aromatic heterocycles. The predicted molar refractivity (Wildman–Crippen MR) is 84.4 cm³/mol. The number of amides is 1. The van der Waals surface area contributed by atoms with E-state index in [-0.39, 0.29) is 23.2 Å². The first-order valence-electron chi connectivity index (χ1n) is 6.93. The summed E-state index contributed by atoms with van der Waals surface area (Å²) in [4.78, 5) is 14.0. The Morgan fingerprint density at radius 3 is 2.55 bits per heavy atom. The summed E-state index contributed by atoms with van der Waals surface area (Å²) < 4.78 is 14.0. The molecule has 1 atom stereocenters. The summed E-state index contributed by atoms with van der Waals surface area (Å²) in [6, 6.07) is 13.3. The first kappa shape index (κ1) is 16.5. The van der Waals surface area contributed by atoms with Crippen molar-refractivity contribution in [2.45, 2.75) is 12.5 Å². The van der Waals surface area contributed by atoms with Gasteiger partial charge in [0.15, 0.2) is 5.82 Å². The second-order valence-corrected chi connectivity index (χ2v) is 5.36. The molecule has 0 aliphatic rings. The van der Waals surface area contributed by atoms with E-state index in [1.807, 2.05) is 30.3 Å². The molecule has 3 nitrogen and oxygen atoms in total. The minimum Gasteiger partial charge on any atom is -0.396 e. The highest BCUT2D eigenvalue weighted by atomic mass is 35.5. The van der Waals surface area contributed by atoms with Crippen LogP contribution in [0.2, 0.25) is 5.02 Å². The van der Waals surface area contributed by atoms with E-state index >= 15 is 0 Å². The maximum atomic E-state index is 14.0. The topological polar surface area (TPSA) is 40.5 Å². The molecule has 1 amide bonds. The van der Waals surface area contributed by atoms with Gasteiger partial charge in [-0.2, -0.15) is 0 Å². The molecule has 0 spiro atoms. The fourth-order valence-electron chi connectivity index (χ4n) is 2.38. The van der Waals surface area contributed by atoms with E-state index in [0.29, 0.717) is 6.42 Å². The molecule has 0 aliphatic carbocycles. The highest BCUT2D eigenvalue weighted by Crippen LogP contribution is 2.26. The lowest BCUT2D eigenvalue weighted by Gasteiger charge is -2.28. The molecule has 22 heavy (non-hydrogen) atoms. The van der Waals surface area contributed by atoms with Crippen LogP contribution in [-0.4, -0.2) is 29.6 Å². The van der Waals surface area contributed by atoms with Crippen molar-refractivity contribution in [1.29, 1.82) is 0 Å². The third-order valence-corrected chi connectivity index (χ3v) is 3.85. The Bertz CT molecular complexity index is 648. The normalized spacial score (nSPS) is 12.0. The molecule has 5 heteroatoms. The van der Waals surface area contributed by atoms with Crippen molar-refractivity contribution in [2.24, 2.45) is 0 Å². The fraction of sp³-hybridized carbons (Fsp3) is 0.235. The Labute approximate surface area is 133 Å². The van der Waals surface area contributed by atoms with Gasteiger partial charge in [-0.15, -0.1) is 0 Å². The number of benzene rings is 2. The van der Waals surface area contributed by atoms with Crippen molar-refractivity contribution in [3.63, 3.8) is 0 Å². The molecule has 2 rings (SSSR count). The Balaban J connectivity index is 2.32. The van der Waals surface area contributed by atoms with Gasteiger partial charge in [0, 0.05) is 13.7 Å². The van der Waals surface area contributed by atoms with Gasteiger partial charge in [0.05, 0.1) is 16.6 Å². The second kappa shape index (κ2) is 7.38. The van der Waals surface area contributed by atoms with Crippen LogP contribution in [0.4, 0.5) is 4.39 Å². The Hall–Kier alpha value is -1.91. The summed E-state index contributed by atoms with van der Waals surface area (Å²) in [5, 5.41) is 9.18. The van der Waals surface area contributed by atoms with Gasteiger partial charge in [-0.05, 0) is 24.1 Å². The van der Waals surface area contributed by atoms with Gasteiger partial charge in [-0.3, -0.25) is 4.79 Å². The minimum atomic E-state index is -0.725. The highest BCUT2D eigenvalue weighted by molar-refractivity contribution is 6.31. The van der Waals surface area contributed by atoms with E-state index in [4.69, 9.17) is 11.6 Å². The zero-order chi connectivity index (χ0) is 16.1. The number of hydrogen-bond acceptors (Lipinski definition) is 2. The lowest BCUT2D eigenvalue weighted by molar-refractivity contribution is 0.0700. The van der Waals surface area contributed by atoms with Gasteiger partial charge in [-0.25, -0.2) is 4.39 Å². The number of aliphatic hydroxyl groups is 1. The zero-order valence-corrected chi connectivity index (χ0v) is 12.9. The SMILES string of the molecule is CN(C(=O)c1cccc(Cl)c1F)C(CCO)c1ccccc1. The molecule has 0 bridgehead atoms. The molecular formula is C17H17ClFNO2. The third kappa shape index (κ3) is 3.46. The average molecular weight is 322 g/mol. The van der Waals surface area contributed by atoms with E-state index in [0.717, 1.165) is 5.56 Å². The van der Waals surface area contributed by atoms with Crippen molar-refractivity contribution in [3.05, 3.63) is 70.5 Å². The van der Waals surface area contributed by atoms with Gasteiger partial charge >= 0.3 is 0 Å². The van der Waals surface area contributed by atoms with Crippen LogP contribution in [0.3, 0.4) is 0 Å². The molecular weight excluding hydrogens is 305 g/mol. The molecule has 0 saturated carbocycles. The van der Waals surface area contributed by atoms with Gasteiger partial charge in [-0.1, -0.05) is 48.0 Å². The number of aliphatic hydroxyl groups excluding tert-OH is 1. The van der Waals surface area contributed by atoms with Crippen LogP contribution in [0.25, 0.3) is 0 Å². The first-order valence-corrected chi connectivity index (χ1v) is 7.31. The van der Waals surface area contributed by atoms with Crippen LogP contribution < -0.4 is 0 Å². The molecule has 0 radical (unpaired) electrons. The third-order valence-electron chi connectivity index (χ3n) is 3.56. The van der Waals surface area contributed by atoms with Gasteiger partial charge in [0.25, 0.3) is 5.91 Å². The number of halogens is 2. The average Bonchev–Trinajstić information content (AvgIpc) is 2.55. The van der Waals surface area contributed by atoms with E-state index in [1.54, 1.807) is 7.05 Å². The number of carbonyl (C=O) groups excluding carboxylic acids is 1. The van der Waals surface area contributed by atoms with Crippen LogP contribution in [0.15, 0.2) is 48.5 Å². The molecule has 0 saturated heterocycles. The molecule has 0 fully saturated rings. The predicted octanol–water partition coefficient (Wildman–Crippen LogP) is 3.67. The van der Waals surface area contributed by atoms with Gasteiger partial charge in [0.1, 0.15) is 0 Å². The van der Waals surface area contributed by atoms with E-state index in [1.165, 1.54) is 23.1 Å². The van der Waals surface area contributed by atoms with E-state index < -0.39 is 11.7 Å². The first-order chi connectivity index (χ1) is 10.6. The van der Waals surface area contributed by atoms with Gasteiger partial charge in [0.2, 0.25) is 0 Å².